The van der Waals surface area contributed by atoms with Crippen LogP contribution >= 0.6 is 11.3 Å². The lowest BCUT2D eigenvalue weighted by Crippen LogP contribution is -3.10. The van der Waals surface area contributed by atoms with E-state index in [4.69, 9.17) is 4.42 Å². The third-order valence-corrected chi connectivity index (χ3v) is 5.39. The highest BCUT2D eigenvalue weighted by atomic mass is 32.1. The summed E-state index contributed by atoms with van der Waals surface area (Å²) < 4.78 is 7.22. The van der Waals surface area contributed by atoms with Crippen LogP contribution in [0.15, 0.2) is 22.8 Å². The molecule has 0 unspecified atom stereocenters. The predicted octanol–water partition coefficient (Wildman–Crippen LogP) is 1.42. The normalized spacial score (nSPS) is 17.5. The Morgan fingerprint density at radius 3 is 2.91 bits per heavy atom. The van der Waals surface area contributed by atoms with Crippen molar-refractivity contribution >= 4 is 16.3 Å². The smallest absolute Gasteiger partial charge is 0.235 e. The zero-order valence-corrected chi connectivity index (χ0v) is 13.3. The Hall–Kier alpha value is -1.86. The molecule has 0 saturated carbocycles. The topological polar surface area (TPSA) is 68.0 Å². The summed E-state index contributed by atoms with van der Waals surface area (Å²) in [6, 6.07) is 3.92. The zero-order chi connectivity index (χ0) is 15.1. The first-order valence-corrected chi connectivity index (χ1v) is 8.55. The van der Waals surface area contributed by atoms with Crippen molar-refractivity contribution in [3.63, 3.8) is 0 Å². The molecule has 0 aromatic carbocycles. The highest BCUT2D eigenvalue weighted by Gasteiger charge is 2.36. The molecule has 1 fully saturated rings. The van der Waals surface area contributed by atoms with Gasteiger partial charge >= 0.3 is 0 Å². The highest BCUT2D eigenvalue weighted by molar-refractivity contribution is 7.17. The van der Waals surface area contributed by atoms with E-state index in [1.165, 1.54) is 29.1 Å². The van der Waals surface area contributed by atoms with Crippen molar-refractivity contribution in [2.45, 2.75) is 32.2 Å². The van der Waals surface area contributed by atoms with Gasteiger partial charge in [0.1, 0.15) is 4.88 Å². The Kier molecular flexibility index (Phi) is 3.38. The average Bonchev–Trinajstić information content (AvgIpc) is 3.28. The van der Waals surface area contributed by atoms with E-state index in [0.717, 1.165) is 40.9 Å². The summed E-state index contributed by atoms with van der Waals surface area (Å²) in [5.74, 6) is 1.86. The quantitative estimate of drug-likeness (QED) is 0.763. The maximum atomic E-state index is 10.6. The second-order valence-electron chi connectivity index (χ2n) is 5.68. The van der Waals surface area contributed by atoms with Crippen LogP contribution in [0.25, 0.3) is 4.96 Å². The molecule has 4 rings (SSSR count). The molecule has 3 aromatic rings. The summed E-state index contributed by atoms with van der Waals surface area (Å²) in [7, 11) is 0. The highest BCUT2D eigenvalue weighted by Crippen LogP contribution is 2.35. The van der Waals surface area contributed by atoms with Gasteiger partial charge in [-0.3, -0.25) is 0 Å². The molecule has 4 heterocycles. The van der Waals surface area contributed by atoms with Gasteiger partial charge in [-0.25, -0.2) is 4.98 Å². The Morgan fingerprint density at radius 1 is 1.45 bits per heavy atom. The van der Waals surface area contributed by atoms with Gasteiger partial charge in [-0.15, -0.1) is 5.10 Å². The minimum absolute atomic E-state index is 0.0241. The van der Waals surface area contributed by atoms with Crippen LogP contribution in [0.3, 0.4) is 0 Å². The van der Waals surface area contributed by atoms with Gasteiger partial charge in [-0.1, -0.05) is 18.3 Å². The van der Waals surface area contributed by atoms with Crippen LogP contribution < -0.4 is 4.90 Å². The molecule has 1 aliphatic rings. The number of hydrogen-bond acceptors (Lipinski definition) is 5. The number of aromatic hydroxyl groups is 1. The number of furan rings is 1. The first-order chi connectivity index (χ1) is 10.8. The number of thiazole rings is 1. The summed E-state index contributed by atoms with van der Waals surface area (Å²) in [6.45, 7) is 4.20. The van der Waals surface area contributed by atoms with E-state index >= 15 is 0 Å². The lowest BCUT2D eigenvalue weighted by atomic mass is 10.1. The van der Waals surface area contributed by atoms with Gasteiger partial charge in [-0.2, -0.15) is 4.52 Å². The monoisotopic (exact) mass is 319 g/mol. The molecule has 7 heteroatoms. The standard InChI is InChI=1S/C15H18N4O2S/c1-2-11-16-15-19(17-11)14(20)13(22-15)12(10-6-5-9-21-10)18-7-3-4-8-18/h5-6,9,12,20H,2-4,7-8H2,1H3/p+1/t12-/m0/s1. The minimum Gasteiger partial charge on any atom is -0.492 e. The number of likely N-dealkylation sites (tertiary alicyclic amines) is 1. The Balaban J connectivity index is 1.81. The number of hydrogen-bond donors (Lipinski definition) is 2. The number of nitrogens with one attached hydrogen (secondary N) is 1. The number of quaternary nitrogens is 1. The fourth-order valence-electron chi connectivity index (χ4n) is 3.22. The van der Waals surface area contributed by atoms with Crippen molar-refractivity contribution in [3.05, 3.63) is 34.9 Å². The van der Waals surface area contributed by atoms with Gasteiger partial charge in [0.2, 0.25) is 10.8 Å². The van der Waals surface area contributed by atoms with Gasteiger partial charge in [0, 0.05) is 19.3 Å². The van der Waals surface area contributed by atoms with Gasteiger partial charge < -0.3 is 14.4 Å². The Labute approximate surface area is 132 Å². The molecule has 6 nitrogen and oxygen atoms in total. The van der Waals surface area contributed by atoms with Crippen molar-refractivity contribution in [1.29, 1.82) is 0 Å². The van der Waals surface area contributed by atoms with Crippen LogP contribution in [0.2, 0.25) is 0 Å². The fraction of sp³-hybridized carbons (Fsp3) is 0.467. The summed E-state index contributed by atoms with van der Waals surface area (Å²) in [5, 5.41) is 15.0. The van der Waals surface area contributed by atoms with Crippen molar-refractivity contribution in [3.8, 4) is 5.88 Å². The molecule has 0 radical (unpaired) electrons. The van der Waals surface area contributed by atoms with Crippen LogP contribution in [-0.4, -0.2) is 32.8 Å². The van der Waals surface area contributed by atoms with Crippen LogP contribution in [0.1, 0.15) is 42.3 Å². The SMILES string of the molecule is CCc1nc2sc([C@H](c3ccco3)[NH+]3CCCC3)c(O)n2n1. The van der Waals surface area contributed by atoms with Crippen molar-refractivity contribution in [1.82, 2.24) is 14.6 Å². The Morgan fingerprint density at radius 2 is 2.27 bits per heavy atom. The molecule has 1 aliphatic heterocycles. The number of aryl methyl sites for hydroxylation is 1. The molecular formula is C15H19N4O2S+. The van der Waals surface area contributed by atoms with Crippen LogP contribution in [0.5, 0.6) is 5.88 Å². The molecule has 116 valence electrons. The molecular weight excluding hydrogens is 300 g/mol. The summed E-state index contributed by atoms with van der Waals surface area (Å²) >= 11 is 1.51. The van der Waals surface area contributed by atoms with E-state index in [9.17, 15) is 5.11 Å². The van der Waals surface area contributed by atoms with Crippen molar-refractivity contribution in [2.24, 2.45) is 0 Å². The fourth-order valence-corrected chi connectivity index (χ4v) is 4.36. The van der Waals surface area contributed by atoms with E-state index in [1.807, 2.05) is 19.1 Å². The summed E-state index contributed by atoms with van der Waals surface area (Å²) in [4.78, 5) is 7.55. The Bertz CT molecular complexity index is 771. The molecule has 1 saturated heterocycles. The van der Waals surface area contributed by atoms with Crippen molar-refractivity contribution < 1.29 is 14.4 Å². The first kappa shape index (κ1) is 13.8. The number of aromatic nitrogens is 3. The molecule has 3 aromatic heterocycles. The van der Waals surface area contributed by atoms with Crippen LogP contribution in [-0.2, 0) is 6.42 Å². The molecule has 0 spiro atoms. The number of fused-ring (bicyclic) bond motifs is 1. The van der Waals surface area contributed by atoms with Gasteiger partial charge in [0.15, 0.2) is 17.6 Å². The average molecular weight is 319 g/mol. The maximum Gasteiger partial charge on any atom is 0.235 e. The minimum atomic E-state index is 0.0241. The predicted molar refractivity (Wildman–Crippen MR) is 82.4 cm³/mol. The molecule has 0 aliphatic carbocycles. The molecule has 0 amide bonds. The number of nitrogens with zero attached hydrogens (tertiary/aromatic N) is 3. The third-order valence-electron chi connectivity index (χ3n) is 4.30. The van der Waals surface area contributed by atoms with E-state index in [2.05, 4.69) is 10.1 Å². The van der Waals surface area contributed by atoms with E-state index in [-0.39, 0.29) is 11.9 Å². The molecule has 22 heavy (non-hydrogen) atoms. The van der Waals surface area contributed by atoms with Crippen LogP contribution in [0, 0.1) is 0 Å². The third kappa shape index (κ3) is 2.12. The second-order valence-corrected chi connectivity index (χ2v) is 6.69. The molecule has 0 bridgehead atoms. The van der Waals surface area contributed by atoms with Crippen molar-refractivity contribution in [2.75, 3.05) is 13.1 Å². The first-order valence-electron chi connectivity index (χ1n) is 7.73. The van der Waals surface area contributed by atoms with Gasteiger partial charge in [0.25, 0.3) is 0 Å². The van der Waals surface area contributed by atoms with E-state index < -0.39 is 0 Å². The maximum absolute atomic E-state index is 10.6. The van der Waals surface area contributed by atoms with Gasteiger partial charge in [-0.05, 0) is 12.1 Å². The lowest BCUT2D eigenvalue weighted by molar-refractivity contribution is -0.914. The molecule has 1 atom stereocenters. The largest absolute Gasteiger partial charge is 0.492 e. The van der Waals surface area contributed by atoms with Gasteiger partial charge in [0.05, 0.1) is 19.4 Å². The molecule has 2 N–H and O–H groups in total. The van der Waals surface area contributed by atoms with Crippen LogP contribution in [0.4, 0.5) is 0 Å². The number of rotatable bonds is 4. The summed E-state index contributed by atoms with van der Waals surface area (Å²) in [5.41, 5.74) is 0. The second kappa shape index (κ2) is 5.40. The summed E-state index contributed by atoms with van der Waals surface area (Å²) in [6.07, 6.45) is 4.89. The lowest BCUT2D eigenvalue weighted by Gasteiger charge is -2.21. The van der Waals surface area contributed by atoms with E-state index in [1.54, 1.807) is 10.8 Å². The van der Waals surface area contributed by atoms with E-state index in [0.29, 0.717) is 0 Å². The zero-order valence-electron chi connectivity index (χ0n) is 12.5.